The van der Waals surface area contributed by atoms with Gasteiger partial charge in [-0.25, -0.2) is 9.29 Å². The average molecular weight is 435 g/mol. The Hall–Kier alpha value is -3.44. The van der Waals surface area contributed by atoms with Crippen LogP contribution >= 0.6 is 11.6 Å². The van der Waals surface area contributed by atoms with Crippen LogP contribution in [0.15, 0.2) is 66.4 Å². The lowest BCUT2D eigenvalue weighted by Gasteiger charge is -2.16. The molecule has 0 fully saturated rings. The van der Waals surface area contributed by atoms with E-state index in [4.69, 9.17) is 11.6 Å². The smallest absolute Gasteiger partial charge is 0.282 e. The molecule has 0 saturated heterocycles. The molecule has 0 radical (unpaired) electrons. The summed E-state index contributed by atoms with van der Waals surface area (Å²) in [5.74, 6) is -1.40. The van der Waals surface area contributed by atoms with E-state index in [1.807, 2.05) is 39.0 Å². The lowest BCUT2D eigenvalue weighted by molar-refractivity contribution is -0.120. The van der Waals surface area contributed by atoms with Crippen molar-refractivity contribution in [2.24, 2.45) is 0 Å². The number of imide groups is 1. The van der Waals surface area contributed by atoms with E-state index in [1.54, 1.807) is 18.2 Å². The van der Waals surface area contributed by atoms with E-state index in [9.17, 15) is 14.0 Å². The molecule has 1 aliphatic heterocycles. The van der Waals surface area contributed by atoms with Crippen molar-refractivity contribution in [3.63, 3.8) is 0 Å². The van der Waals surface area contributed by atoms with Crippen molar-refractivity contribution in [1.29, 1.82) is 0 Å². The molecule has 3 aromatic carbocycles. The van der Waals surface area contributed by atoms with Gasteiger partial charge in [0.2, 0.25) is 0 Å². The molecule has 0 bridgehead atoms. The Bertz CT molecular complexity index is 1250. The molecule has 1 N–H and O–H groups in total. The minimum Gasteiger partial charge on any atom is -0.350 e. The van der Waals surface area contributed by atoms with Gasteiger partial charge >= 0.3 is 0 Å². The molecule has 31 heavy (non-hydrogen) atoms. The van der Waals surface area contributed by atoms with E-state index in [2.05, 4.69) is 5.32 Å². The number of aryl methyl sites for hydroxylation is 3. The Morgan fingerprint density at radius 2 is 1.55 bits per heavy atom. The molecular formula is C25H20ClFN2O2. The van der Waals surface area contributed by atoms with Crippen LogP contribution < -0.4 is 10.2 Å². The van der Waals surface area contributed by atoms with Crippen LogP contribution in [0.2, 0.25) is 5.02 Å². The van der Waals surface area contributed by atoms with Crippen molar-refractivity contribution in [3.8, 4) is 0 Å². The van der Waals surface area contributed by atoms with Crippen LogP contribution in [-0.4, -0.2) is 11.8 Å². The first-order valence-electron chi connectivity index (χ1n) is 9.75. The quantitative estimate of drug-likeness (QED) is 0.528. The van der Waals surface area contributed by atoms with Crippen LogP contribution in [-0.2, 0) is 9.59 Å². The Labute approximate surface area is 185 Å². The summed E-state index contributed by atoms with van der Waals surface area (Å²) < 4.78 is 13.4. The highest BCUT2D eigenvalue weighted by molar-refractivity contribution is 6.46. The number of nitrogens with one attached hydrogen (secondary N) is 1. The first-order chi connectivity index (χ1) is 14.8. The summed E-state index contributed by atoms with van der Waals surface area (Å²) >= 11 is 6.06. The number of hydrogen-bond acceptors (Lipinski definition) is 3. The molecule has 0 aliphatic carbocycles. The molecule has 6 heteroatoms. The summed E-state index contributed by atoms with van der Waals surface area (Å²) in [5, 5.41) is 3.73. The summed E-state index contributed by atoms with van der Waals surface area (Å²) in [7, 11) is 0. The van der Waals surface area contributed by atoms with Crippen molar-refractivity contribution in [1.82, 2.24) is 0 Å². The third-order valence-electron chi connectivity index (χ3n) is 5.27. The van der Waals surface area contributed by atoms with E-state index >= 15 is 0 Å². The normalized spacial score (nSPS) is 13.9. The molecule has 3 aromatic rings. The van der Waals surface area contributed by atoms with Crippen molar-refractivity contribution in [2.75, 3.05) is 10.2 Å². The molecule has 156 valence electrons. The van der Waals surface area contributed by atoms with Crippen LogP contribution in [0.4, 0.5) is 15.8 Å². The second kappa shape index (κ2) is 8.00. The van der Waals surface area contributed by atoms with Gasteiger partial charge in [0.25, 0.3) is 11.8 Å². The topological polar surface area (TPSA) is 49.4 Å². The lowest BCUT2D eigenvalue weighted by atomic mass is 9.97. The second-order valence-corrected chi connectivity index (χ2v) is 8.01. The van der Waals surface area contributed by atoms with Gasteiger partial charge in [0.05, 0.1) is 11.3 Å². The molecule has 4 nitrogen and oxygen atoms in total. The number of carbonyl (C=O) groups excluding carboxylic acids is 2. The molecule has 0 unspecified atom stereocenters. The van der Waals surface area contributed by atoms with Crippen molar-refractivity contribution < 1.29 is 14.0 Å². The second-order valence-electron chi connectivity index (χ2n) is 7.57. The molecule has 4 rings (SSSR count). The van der Waals surface area contributed by atoms with Crippen LogP contribution in [0.5, 0.6) is 0 Å². The summed E-state index contributed by atoms with van der Waals surface area (Å²) in [4.78, 5) is 28.0. The molecule has 0 spiro atoms. The van der Waals surface area contributed by atoms with Gasteiger partial charge in [0, 0.05) is 10.7 Å². The van der Waals surface area contributed by atoms with Gasteiger partial charge in [-0.1, -0.05) is 35.4 Å². The highest BCUT2D eigenvalue weighted by Crippen LogP contribution is 2.36. The van der Waals surface area contributed by atoms with E-state index < -0.39 is 17.6 Å². The Morgan fingerprint density at radius 3 is 2.19 bits per heavy atom. The number of carbonyl (C=O) groups is 2. The fourth-order valence-electron chi connectivity index (χ4n) is 3.72. The number of hydrogen-bond donors (Lipinski definition) is 1. The Kier molecular flexibility index (Phi) is 5.38. The molecule has 0 saturated carbocycles. The number of benzene rings is 3. The standard InChI is InChI=1S/C25H20ClFN2O2/c1-14-4-10-20(15(2)12-14)22-23(28-21-11-5-17(26)13-16(21)3)25(31)29(24(22)30)19-8-6-18(27)7-9-19/h4-13,28H,1-3H3. The zero-order valence-electron chi connectivity index (χ0n) is 17.3. The zero-order chi connectivity index (χ0) is 22.3. The summed E-state index contributed by atoms with van der Waals surface area (Å²) in [6, 6.07) is 16.3. The molecular weight excluding hydrogens is 415 g/mol. The Morgan fingerprint density at radius 1 is 0.839 bits per heavy atom. The summed E-state index contributed by atoms with van der Waals surface area (Å²) in [6.07, 6.45) is 0. The summed E-state index contributed by atoms with van der Waals surface area (Å²) in [6.45, 7) is 5.73. The summed E-state index contributed by atoms with van der Waals surface area (Å²) in [5.41, 5.74) is 4.87. The number of rotatable bonds is 4. The zero-order valence-corrected chi connectivity index (χ0v) is 18.0. The van der Waals surface area contributed by atoms with Crippen molar-refractivity contribution >= 4 is 40.4 Å². The molecule has 0 atom stereocenters. The predicted molar refractivity (Wildman–Crippen MR) is 122 cm³/mol. The van der Waals surface area contributed by atoms with Gasteiger partial charge in [-0.15, -0.1) is 0 Å². The van der Waals surface area contributed by atoms with Gasteiger partial charge < -0.3 is 5.32 Å². The predicted octanol–water partition coefficient (Wildman–Crippen LogP) is 5.80. The maximum Gasteiger partial charge on any atom is 0.282 e. The van der Waals surface area contributed by atoms with Crippen molar-refractivity contribution in [2.45, 2.75) is 20.8 Å². The van der Waals surface area contributed by atoms with Crippen molar-refractivity contribution in [3.05, 3.63) is 99.5 Å². The molecule has 1 aliphatic rings. The van der Waals surface area contributed by atoms with Gasteiger partial charge in [0.1, 0.15) is 11.5 Å². The largest absolute Gasteiger partial charge is 0.350 e. The van der Waals surface area contributed by atoms with Crippen LogP contribution in [0.25, 0.3) is 5.57 Å². The van der Waals surface area contributed by atoms with Crippen LogP contribution in [0, 0.1) is 26.6 Å². The molecule has 0 aromatic heterocycles. The van der Waals surface area contributed by atoms with Gasteiger partial charge in [-0.3, -0.25) is 9.59 Å². The van der Waals surface area contributed by atoms with Crippen LogP contribution in [0.3, 0.4) is 0 Å². The third-order valence-corrected chi connectivity index (χ3v) is 5.50. The third kappa shape index (κ3) is 3.84. The van der Waals surface area contributed by atoms with E-state index in [1.165, 1.54) is 24.3 Å². The van der Waals surface area contributed by atoms with E-state index in [0.29, 0.717) is 22.0 Å². The van der Waals surface area contributed by atoms with Gasteiger partial charge in [-0.2, -0.15) is 0 Å². The minimum atomic E-state index is -0.499. The van der Waals surface area contributed by atoms with Gasteiger partial charge in [0.15, 0.2) is 0 Å². The molecule has 1 heterocycles. The minimum absolute atomic E-state index is 0.173. The fourth-order valence-corrected chi connectivity index (χ4v) is 3.94. The first-order valence-corrected chi connectivity index (χ1v) is 10.1. The number of amides is 2. The lowest BCUT2D eigenvalue weighted by Crippen LogP contribution is -2.32. The maximum absolute atomic E-state index is 13.5. The fraction of sp³-hybridized carbons (Fsp3) is 0.120. The number of nitrogens with zero attached hydrogens (tertiary/aromatic N) is 1. The SMILES string of the molecule is Cc1ccc(C2=C(Nc3ccc(Cl)cc3C)C(=O)N(c3ccc(F)cc3)C2=O)c(C)c1. The molecule has 2 amide bonds. The highest BCUT2D eigenvalue weighted by atomic mass is 35.5. The van der Waals surface area contributed by atoms with Crippen LogP contribution in [0.1, 0.15) is 22.3 Å². The van der Waals surface area contributed by atoms with E-state index in [-0.39, 0.29) is 11.3 Å². The van der Waals surface area contributed by atoms with E-state index in [0.717, 1.165) is 21.6 Å². The Balaban J connectivity index is 1.87. The average Bonchev–Trinajstić information content (AvgIpc) is 2.95. The number of anilines is 2. The monoisotopic (exact) mass is 434 g/mol. The van der Waals surface area contributed by atoms with Gasteiger partial charge in [-0.05, 0) is 79.9 Å². The maximum atomic E-state index is 13.5. The number of halogens is 2. The highest BCUT2D eigenvalue weighted by Gasteiger charge is 2.40. The first kappa shape index (κ1) is 20.8.